The van der Waals surface area contributed by atoms with Gasteiger partial charge in [-0.2, -0.15) is 5.10 Å². The molecule has 23 heavy (non-hydrogen) atoms. The quantitative estimate of drug-likeness (QED) is 0.890. The number of aromatic nitrogens is 4. The first kappa shape index (κ1) is 15.6. The lowest BCUT2D eigenvalue weighted by Crippen LogP contribution is -2.24. The van der Waals surface area contributed by atoms with Crippen molar-refractivity contribution in [2.45, 2.75) is 51.5 Å². The van der Waals surface area contributed by atoms with Gasteiger partial charge in [0.1, 0.15) is 12.7 Å². The first-order valence-electron chi connectivity index (χ1n) is 8.38. The third-order valence-corrected chi connectivity index (χ3v) is 4.48. The number of hydrogen-bond donors (Lipinski definition) is 1. The first-order chi connectivity index (χ1) is 11.3. The normalized spacial score (nSPS) is 15.5. The smallest absolute Gasteiger partial charge is 0.220 e. The van der Waals surface area contributed by atoms with E-state index in [1.54, 1.807) is 17.2 Å². The van der Waals surface area contributed by atoms with E-state index in [-0.39, 0.29) is 5.91 Å². The van der Waals surface area contributed by atoms with Crippen LogP contribution in [0.5, 0.6) is 0 Å². The Morgan fingerprint density at radius 3 is 2.96 bits per heavy atom. The Hall–Kier alpha value is -2.24. The number of nitrogens with zero attached hydrogens (tertiary/aromatic N) is 4. The molecule has 1 aliphatic carbocycles. The van der Waals surface area contributed by atoms with Crippen molar-refractivity contribution in [3.63, 3.8) is 0 Å². The van der Waals surface area contributed by atoms with Crippen LogP contribution in [0.15, 0.2) is 31.0 Å². The Morgan fingerprint density at radius 2 is 2.17 bits per heavy atom. The fourth-order valence-corrected chi connectivity index (χ4v) is 3.19. The summed E-state index contributed by atoms with van der Waals surface area (Å²) < 4.78 is 1.61. The van der Waals surface area contributed by atoms with Crippen LogP contribution in [0.25, 0.3) is 5.82 Å². The van der Waals surface area contributed by atoms with Gasteiger partial charge in [-0.05, 0) is 18.4 Å². The zero-order valence-electron chi connectivity index (χ0n) is 13.3. The number of rotatable bonds is 6. The molecule has 0 radical (unpaired) electrons. The van der Waals surface area contributed by atoms with Crippen LogP contribution in [0.2, 0.25) is 0 Å². The second kappa shape index (κ2) is 7.85. The highest BCUT2D eigenvalue weighted by Gasteiger charge is 2.15. The third kappa shape index (κ3) is 4.37. The van der Waals surface area contributed by atoms with Crippen LogP contribution in [0.4, 0.5) is 0 Å². The average Bonchev–Trinajstić information content (AvgIpc) is 3.14. The molecular weight excluding hydrogens is 290 g/mol. The van der Waals surface area contributed by atoms with Crippen LogP contribution < -0.4 is 5.32 Å². The van der Waals surface area contributed by atoms with Gasteiger partial charge in [0.05, 0.1) is 0 Å². The van der Waals surface area contributed by atoms with Gasteiger partial charge in [-0.3, -0.25) is 4.79 Å². The van der Waals surface area contributed by atoms with Gasteiger partial charge in [0.15, 0.2) is 5.82 Å². The molecule has 0 saturated heterocycles. The Balaban J connectivity index is 1.51. The molecule has 122 valence electrons. The molecule has 0 spiro atoms. The van der Waals surface area contributed by atoms with Crippen molar-refractivity contribution < 1.29 is 4.79 Å². The van der Waals surface area contributed by atoms with E-state index >= 15 is 0 Å². The van der Waals surface area contributed by atoms with E-state index in [1.807, 2.05) is 12.1 Å². The molecule has 2 aromatic rings. The van der Waals surface area contributed by atoms with Crippen LogP contribution in [0, 0.1) is 5.92 Å². The Morgan fingerprint density at radius 1 is 1.30 bits per heavy atom. The molecule has 0 atom stereocenters. The van der Waals surface area contributed by atoms with Gasteiger partial charge in [-0.1, -0.05) is 38.2 Å². The number of nitrogens with one attached hydrogen (secondary N) is 1. The van der Waals surface area contributed by atoms with Crippen molar-refractivity contribution in [3.8, 4) is 5.82 Å². The molecule has 0 aromatic carbocycles. The zero-order chi connectivity index (χ0) is 15.9. The molecule has 2 heterocycles. The molecular formula is C17H23N5O. The van der Waals surface area contributed by atoms with Gasteiger partial charge < -0.3 is 5.32 Å². The highest BCUT2D eigenvalue weighted by atomic mass is 16.1. The maximum absolute atomic E-state index is 12.1. The Bertz CT molecular complexity index is 620. The van der Waals surface area contributed by atoms with Gasteiger partial charge in [0.25, 0.3) is 0 Å². The van der Waals surface area contributed by atoms with Crippen LogP contribution in [0.1, 0.15) is 50.5 Å². The minimum atomic E-state index is 0.115. The van der Waals surface area contributed by atoms with Crippen molar-refractivity contribution in [1.29, 1.82) is 0 Å². The summed E-state index contributed by atoms with van der Waals surface area (Å²) in [6.45, 7) is 0.465. The fourth-order valence-electron chi connectivity index (χ4n) is 3.19. The molecule has 1 saturated carbocycles. The van der Waals surface area contributed by atoms with E-state index in [4.69, 9.17) is 0 Å². The molecule has 1 N–H and O–H groups in total. The average molecular weight is 313 g/mol. The van der Waals surface area contributed by atoms with E-state index in [9.17, 15) is 4.79 Å². The Kier molecular flexibility index (Phi) is 5.34. The predicted molar refractivity (Wildman–Crippen MR) is 86.8 cm³/mol. The number of hydrogen-bond acceptors (Lipinski definition) is 4. The SMILES string of the molecule is O=C(CCC1CCCCC1)NCc1cccnc1-n1cncn1. The minimum absolute atomic E-state index is 0.115. The van der Waals surface area contributed by atoms with Crippen molar-refractivity contribution in [2.24, 2.45) is 5.92 Å². The molecule has 6 heteroatoms. The number of carbonyl (C=O) groups is 1. The third-order valence-electron chi connectivity index (χ3n) is 4.48. The molecule has 0 bridgehead atoms. The summed E-state index contributed by atoms with van der Waals surface area (Å²) in [7, 11) is 0. The van der Waals surface area contributed by atoms with Gasteiger partial charge >= 0.3 is 0 Å². The van der Waals surface area contributed by atoms with Gasteiger partial charge in [0, 0.05) is 24.7 Å². The number of amides is 1. The molecule has 1 amide bonds. The summed E-state index contributed by atoms with van der Waals surface area (Å²) in [5.41, 5.74) is 0.934. The van der Waals surface area contributed by atoms with Crippen molar-refractivity contribution in [2.75, 3.05) is 0 Å². The lowest BCUT2D eigenvalue weighted by molar-refractivity contribution is -0.121. The summed E-state index contributed by atoms with van der Waals surface area (Å²) in [5, 5.41) is 7.10. The number of carbonyl (C=O) groups excluding carboxylic acids is 1. The molecule has 1 fully saturated rings. The first-order valence-corrected chi connectivity index (χ1v) is 8.38. The predicted octanol–water partition coefficient (Wildman–Crippen LogP) is 2.64. The summed E-state index contributed by atoms with van der Waals surface area (Å²) in [5.74, 6) is 1.56. The Labute approximate surface area is 136 Å². The van der Waals surface area contributed by atoms with Gasteiger partial charge in [-0.25, -0.2) is 14.6 Å². The molecule has 3 rings (SSSR count). The van der Waals surface area contributed by atoms with Crippen LogP contribution in [-0.2, 0) is 11.3 Å². The molecule has 1 aliphatic rings. The van der Waals surface area contributed by atoms with E-state index in [0.717, 1.165) is 17.9 Å². The van der Waals surface area contributed by atoms with E-state index in [1.165, 1.54) is 38.4 Å². The van der Waals surface area contributed by atoms with Crippen LogP contribution in [-0.4, -0.2) is 25.7 Å². The lowest BCUT2D eigenvalue weighted by atomic mass is 9.86. The summed E-state index contributed by atoms with van der Waals surface area (Å²) in [4.78, 5) is 20.4. The molecule has 0 aliphatic heterocycles. The van der Waals surface area contributed by atoms with Crippen molar-refractivity contribution in [1.82, 2.24) is 25.1 Å². The van der Waals surface area contributed by atoms with Gasteiger partial charge in [0.2, 0.25) is 5.91 Å². The maximum atomic E-state index is 12.1. The monoisotopic (exact) mass is 313 g/mol. The highest BCUT2D eigenvalue weighted by Crippen LogP contribution is 2.27. The van der Waals surface area contributed by atoms with E-state index < -0.39 is 0 Å². The van der Waals surface area contributed by atoms with E-state index in [0.29, 0.717) is 18.8 Å². The highest BCUT2D eigenvalue weighted by molar-refractivity contribution is 5.75. The second-order valence-corrected chi connectivity index (χ2v) is 6.15. The van der Waals surface area contributed by atoms with E-state index in [2.05, 4.69) is 20.4 Å². The summed E-state index contributed by atoms with van der Waals surface area (Å²) in [6, 6.07) is 3.81. The van der Waals surface area contributed by atoms with Gasteiger partial charge in [-0.15, -0.1) is 0 Å². The molecule has 0 unspecified atom stereocenters. The topological polar surface area (TPSA) is 72.7 Å². The zero-order valence-corrected chi connectivity index (χ0v) is 13.3. The molecule has 6 nitrogen and oxygen atoms in total. The summed E-state index contributed by atoms with van der Waals surface area (Å²) >= 11 is 0. The van der Waals surface area contributed by atoms with Crippen molar-refractivity contribution in [3.05, 3.63) is 36.5 Å². The molecule has 2 aromatic heterocycles. The second-order valence-electron chi connectivity index (χ2n) is 6.15. The largest absolute Gasteiger partial charge is 0.352 e. The summed E-state index contributed by atoms with van der Waals surface area (Å²) in [6.07, 6.45) is 13.0. The fraction of sp³-hybridized carbons (Fsp3) is 0.529. The number of pyridine rings is 1. The standard InChI is InChI=1S/C17H23N5O/c23-16(9-8-14-5-2-1-3-6-14)20-11-15-7-4-10-19-17(15)22-13-18-12-21-22/h4,7,10,12-14H,1-3,5-6,8-9,11H2,(H,20,23). The van der Waals surface area contributed by atoms with Crippen molar-refractivity contribution >= 4 is 5.91 Å². The van der Waals surface area contributed by atoms with Crippen LogP contribution >= 0.6 is 0 Å². The lowest BCUT2D eigenvalue weighted by Gasteiger charge is -2.21. The minimum Gasteiger partial charge on any atom is -0.352 e. The maximum Gasteiger partial charge on any atom is 0.220 e. The van der Waals surface area contributed by atoms with Crippen LogP contribution in [0.3, 0.4) is 0 Å².